The summed E-state index contributed by atoms with van der Waals surface area (Å²) in [5.74, 6) is 0.108. The zero-order valence-electron chi connectivity index (χ0n) is 11.3. The van der Waals surface area contributed by atoms with Gasteiger partial charge in [-0.25, -0.2) is 0 Å². The number of nitrogens with one attached hydrogen (secondary N) is 1. The number of phenolic OH excluding ortho intramolecular Hbond substituents is 2. The molecule has 4 nitrogen and oxygen atoms in total. The molecule has 1 atom stereocenters. The van der Waals surface area contributed by atoms with Crippen molar-refractivity contribution in [1.29, 1.82) is 0 Å². The van der Waals surface area contributed by atoms with Crippen LogP contribution in [0.2, 0.25) is 0 Å². The van der Waals surface area contributed by atoms with E-state index in [0.29, 0.717) is 18.7 Å². The highest BCUT2D eigenvalue weighted by Gasteiger charge is 2.16. The lowest BCUT2D eigenvalue weighted by molar-refractivity contribution is 0.119. The van der Waals surface area contributed by atoms with Crippen LogP contribution in [0.1, 0.15) is 32.8 Å². The first-order valence-electron chi connectivity index (χ1n) is 6.17. The minimum atomic E-state index is -0.399. The topological polar surface area (TPSA) is 72.7 Å². The Hall–Kier alpha value is -1.26. The molecule has 0 saturated carbocycles. The Balaban J connectivity index is 2.37. The van der Waals surface area contributed by atoms with E-state index >= 15 is 0 Å². The number of aliphatic hydroxyl groups excluding tert-OH is 1. The van der Waals surface area contributed by atoms with E-state index < -0.39 is 6.10 Å². The molecule has 102 valence electrons. The van der Waals surface area contributed by atoms with Crippen molar-refractivity contribution in [1.82, 2.24) is 5.32 Å². The number of rotatable bonds is 5. The van der Waals surface area contributed by atoms with Gasteiger partial charge in [-0.2, -0.15) is 0 Å². The van der Waals surface area contributed by atoms with E-state index in [1.54, 1.807) is 6.07 Å². The Labute approximate surface area is 108 Å². The van der Waals surface area contributed by atoms with Gasteiger partial charge >= 0.3 is 0 Å². The molecule has 1 unspecified atom stereocenters. The second-order valence-electron chi connectivity index (χ2n) is 5.86. The number of phenols is 2. The van der Waals surface area contributed by atoms with Gasteiger partial charge in [-0.1, -0.05) is 26.8 Å². The van der Waals surface area contributed by atoms with Crippen LogP contribution in [-0.2, 0) is 6.54 Å². The van der Waals surface area contributed by atoms with Gasteiger partial charge in [0.1, 0.15) is 11.5 Å². The van der Waals surface area contributed by atoms with Crippen LogP contribution < -0.4 is 5.32 Å². The zero-order chi connectivity index (χ0) is 13.8. The van der Waals surface area contributed by atoms with Crippen LogP contribution in [0.4, 0.5) is 0 Å². The Morgan fingerprint density at radius 3 is 2.44 bits per heavy atom. The second kappa shape index (κ2) is 6.07. The number of aliphatic hydroxyl groups is 1. The Kier molecular flexibility index (Phi) is 4.99. The van der Waals surface area contributed by atoms with Gasteiger partial charge in [0.25, 0.3) is 0 Å². The van der Waals surface area contributed by atoms with E-state index in [1.807, 2.05) is 0 Å². The van der Waals surface area contributed by atoms with Crippen molar-refractivity contribution >= 4 is 0 Å². The van der Waals surface area contributed by atoms with Gasteiger partial charge in [0.15, 0.2) is 0 Å². The van der Waals surface area contributed by atoms with Gasteiger partial charge in [-0.05, 0) is 17.9 Å². The molecule has 1 aromatic rings. The summed E-state index contributed by atoms with van der Waals surface area (Å²) < 4.78 is 0. The molecule has 4 N–H and O–H groups in total. The number of hydrogen-bond acceptors (Lipinski definition) is 4. The fourth-order valence-corrected chi connectivity index (χ4v) is 1.85. The molecule has 0 radical (unpaired) electrons. The van der Waals surface area contributed by atoms with Crippen LogP contribution in [-0.4, -0.2) is 28.0 Å². The fourth-order valence-electron chi connectivity index (χ4n) is 1.85. The van der Waals surface area contributed by atoms with E-state index in [9.17, 15) is 10.2 Å². The molecule has 0 saturated heterocycles. The summed E-state index contributed by atoms with van der Waals surface area (Å²) in [6.07, 6.45) is 0.325. The number of aromatic hydroxyl groups is 2. The molecule has 0 spiro atoms. The minimum Gasteiger partial charge on any atom is -0.508 e. The average Bonchev–Trinajstić information content (AvgIpc) is 2.18. The maximum absolute atomic E-state index is 9.81. The lowest BCUT2D eigenvalue weighted by Gasteiger charge is -2.22. The maximum atomic E-state index is 9.81. The summed E-state index contributed by atoms with van der Waals surface area (Å²) in [7, 11) is 0. The first-order chi connectivity index (χ1) is 8.28. The fraction of sp³-hybridized carbons (Fsp3) is 0.571. The molecule has 1 rings (SSSR count). The van der Waals surface area contributed by atoms with E-state index in [2.05, 4.69) is 26.1 Å². The summed E-state index contributed by atoms with van der Waals surface area (Å²) >= 11 is 0. The molecular weight excluding hydrogens is 230 g/mol. The van der Waals surface area contributed by atoms with Crippen molar-refractivity contribution in [2.24, 2.45) is 5.41 Å². The van der Waals surface area contributed by atoms with Gasteiger partial charge in [-0.15, -0.1) is 0 Å². The summed E-state index contributed by atoms with van der Waals surface area (Å²) in [5, 5.41) is 31.6. The number of benzene rings is 1. The van der Waals surface area contributed by atoms with Crippen molar-refractivity contribution in [2.45, 2.75) is 39.8 Å². The molecule has 0 aromatic heterocycles. The predicted octanol–water partition coefficient (Wildman–Crippen LogP) is 1.98. The van der Waals surface area contributed by atoms with Crippen LogP contribution >= 0.6 is 0 Å². The van der Waals surface area contributed by atoms with Gasteiger partial charge in [0.05, 0.1) is 6.10 Å². The van der Waals surface area contributed by atoms with E-state index in [0.717, 1.165) is 6.42 Å². The molecule has 0 aliphatic rings. The highest BCUT2D eigenvalue weighted by molar-refractivity contribution is 5.38. The molecule has 0 aliphatic carbocycles. The monoisotopic (exact) mass is 253 g/mol. The normalized spacial score (nSPS) is 13.6. The molecule has 1 aromatic carbocycles. The second-order valence-corrected chi connectivity index (χ2v) is 5.86. The van der Waals surface area contributed by atoms with Crippen molar-refractivity contribution < 1.29 is 15.3 Å². The van der Waals surface area contributed by atoms with Crippen molar-refractivity contribution in [3.63, 3.8) is 0 Å². The van der Waals surface area contributed by atoms with Crippen LogP contribution in [0.3, 0.4) is 0 Å². The molecule has 0 bridgehead atoms. The van der Waals surface area contributed by atoms with Crippen LogP contribution in [0.15, 0.2) is 18.2 Å². The van der Waals surface area contributed by atoms with E-state index in [4.69, 9.17) is 5.11 Å². The molecule has 0 fully saturated rings. The predicted molar refractivity (Wildman–Crippen MR) is 71.6 cm³/mol. The zero-order valence-corrected chi connectivity index (χ0v) is 11.3. The van der Waals surface area contributed by atoms with Crippen LogP contribution in [0.25, 0.3) is 0 Å². The smallest absolute Gasteiger partial charge is 0.123 e. The highest BCUT2D eigenvalue weighted by atomic mass is 16.3. The van der Waals surface area contributed by atoms with Gasteiger partial charge in [0, 0.05) is 24.7 Å². The van der Waals surface area contributed by atoms with E-state index in [1.165, 1.54) is 12.1 Å². The molecule has 4 heteroatoms. The third kappa shape index (κ3) is 5.38. The largest absolute Gasteiger partial charge is 0.508 e. The van der Waals surface area contributed by atoms with Crippen LogP contribution in [0.5, 0.6) is 11.5 Å². The summed E-state index contributed by atoms with van der Waals surface area (Å²) in [6.45, 7) is 7.21. The third-order valence-electron chi connectivity index (χ3n) is 2.61. The summed E-state index contributed by atoms with van der Waals surface area (Å²) in [5.41, 5.74) is 0.803. The van der Waals surface area contributed by atoms with Gasteiger partial charge in [0.2, 0.25) is 0 Å². The summed E-state index contributed by atoms with van der Waals surface area (Å²) in [6, 6.07) is 4.50. The Bertz CT molecular complexity index is 385. The maximum Gasteiger partial charge on any atom is 0.123 e. The van der Waals surface area contributed by atoms with Crippen molar-refractivity contribution in [2.75, 3.05) is 6.54 Å². The van der Waals surface area contributed by atoms with Crippen molar-refractivity contribution in [3.8, 4) is 11.5 Å². The molecular formula is C14H23NO3. The lowest BCUT2D eigenvalue weighted by Crippen LogP contribution is -2.29. The summed E-state index contributed by atoms with van der Waals surface area (Å²) in [4.78, 5) is 0. The van der Waals surface area contributed by atoms with E-state index in [-0.39, 0.29) is 16.9 Å². The van der Waals surface area contributed by atoms with Crippen LogP contribution in [0, 0.1) is 5.41 Å². The molecule has 18 heavy (non-hydrogen) atoms. The standard InChI is InChI=1S/C14H23NO3/c1-14(2,3)7-12(17)9-15-8-10-4-5-11(16)6-13(10)18/h4-6,12,15-18H,7-9H2,1-3H3. The molecule has 0 aliphatic heterocycles. The van der Waals surface area contributed by atoms with Crippen molar-refractivity contribution in [3.05, 3.63) is 23.8 Å². The van der Waals surface area contributed by atoms with Gasteiger partial charge < -0.3 is 20.6 Å². The van der Waals surface area contributed by atoms with Gasteiger partial charge in [-0.3, -0.25) is 0 Å². The average molecular weight is 253 g/mol. The number of hydrogen-bond donors (Lipinski definition) is 4. The SMILES string of the molecule is CC(C)(C)CC(O)CNCc1ccc(O)cc1O. The lowest BCUT2D eigenvalue weighted by atomic mass is 9.89. The Morgan fingerprint density at radius 1 is 1.22 bits per heavy atom. The molecule has 0 amide bonds. The quantitative estimate of drug-likeness (QED) is 0.647. The third-order valence-corrected chi connectivity index (χ3v) is 2.61. The Morgan fingerprint density at radius 2 is 1.89 bits per heavy atom. The highest BCUT2D eigenvalue weighted by Crippen LogP contribution is 2.23. The minimum absolute atomic E-state index is 0.0454. The molecule has 0 heterocycles. The first kappa shape index (κ1) is 14.8. The first-order valence-corrected chi connectivity index (χ1v) is 6.17.